The number of halogens is 1. The monoisotopic (exact) mass is 310 g/mol. The zero-order chi connectivity index (χ0) is 14.5. The summed E-state index contributed by atoms with van der Waals surface area (Å²) < 4.78 is 5.54. The van der Waals surface area contributed by atoms with Crippen molar-refractivity contribution < 1.29 is 9.21 Å². The highest BCUT2D eigenvalue weighted by molar-refractivity contribution is 7.97. The van der Waals surface area contributed by atoms with Crippen molar-refractivity contribution in [2.75, 3.05) is 0 Å². The molecule has 2 rings (SSSR count). The van der Waals surface area contributed by atoms with Crippen LogP contribution >= 0.6 is 23.4 Å². The largest absolute Gasteiger partial charge is 0.465 e. The molecule has 1 amide bonds. The van der Waals surface area contributed by atoms with E-state index < -0.39 is 0 Å². The Labute approximate surface area is 126 Å². The lowest BCUT2D eigenvalue weighted by atomic mass is 10.2. The molecule has 0 saturated carbocycles. The summed E-state index contributed by atoms with van der Waals surface area (Å²) in [5.41, 5.74) is 3.66. The van der Waals surface area contributed by atoms with Gasteiger partial charge < -0.3 is 4.42 Å². The van der Waals surface area contributed by atoms with Crippen molar-refractivity contribution in [3.8, 4) is 0 Å². The van der Waals surface area contributed by atoms with Gasteiger partial charge in [0.15, 0.2) is 0 Å². The smallest absolute Gasteiger partial charge is 0.268 e. The van der Waals surface area contributed by atoms with E-state index in [1.807, 2.05) is 24.3 Å². The average molecular weight is 311 g/mol. The first-order valence-corrected chi connectivity index (χ1v) is 7.56. The van der Waals surface area contributed by atoms with Crippen LogP contribution in [0.4, 0.5) is 0 Å². The van der Waals surface area contributed by atoms with Gasteiger partial charge in [0, 0.05) is 10.8 Å². The third-order valence-corrected chi connectivity index (χ3v) is 4.18. The zero-order valence-electron chi connectivity index (χ0n) is 11.0. The molecule has 0 aliphatic rings. The van der Waals surface area contributed by atoms with Crippen LogP contribution in [-0.2, 0) is 11.5 Å². The number of nitrogens with two attached hydrogens (primary N) is 1. The normalized spacial score (nSPS) is 10.6. The molecule has 1 aromatic heterocycles. The van der Waals surface area contributed by atoms with Crippen LogP contribution in [0.15, 0.2) is 34.7 Å². The number of thioether (sulfide) groups is 1. The second-order valence-corrected chi connectivity index (χ2v) is 5.63. The van der Waals surface area contributed by atoms with Crippen LogP contribution in [0.25, 0.3) is 0 Å². The molecule has 3 N–H and O–H groups in total. The molecular formula is C14H15ClN2O2S. The zero-order valence-corrected chi connectivity index (χ0v) is 12.6. The fourth-order valence-electron chi connectivity index (χ4n) is 1.80. The first-order valence-electron chi connectivity index (χ1n) is 6.03. The molecule has 1 aromatic carbocycles. The Morgan fingerprint density at radius 2 is 2.15 bits per heavy atom. The van der Waals surface area contributed by atoms with Crippen molar-refractivity contribution in [1.29, 1.82) is 0 Å². The molecule has 0 aliphatic heterocycles. The first kappa shape index (κ1) is 15.0. The number of aryl methyl sites for hydroxylation is 1. The lowest BCUT2D eigenvalue weighted by Gasteiger charge is -2.02. The molecule has 0 bridgehead atoms. The van der Waals surface area contributed by atoms with Gasteiger partial charge in [-0.15, -0.1) is 11.8 Å². The highest BCUT2D eigenvalue weighted by Gasteiger charge is 2.13. The minimum absolute atomic E-state index is 0.339. The van der Waals surface area contributed by atoms with Crippen molar-refractivity contribution in [3.63, 3.8) is 0 Å². The first-order chi connectivity index (χ1) is 9.61. The number of hydrazine groups is 1. The molecule has 0 fully saturated rings. The van der Waals surface area contributed by atoms with Crippen molar-refractivity contribution in [2.45, 2.75) is 18.4 Å². The lowest BCUT2D eigenvalue weighted by Crippen LogP contribution is -2.30. The summed E-state index contributed by atoms with van der Waals surface area (Å²) in [6, 6.07) is 9.46. The number of furan rings is 1. The summed E-state index contributed by atoms with van der Waals surface area (Å²) >= 11 is 7.77. The molecule has 0 atom stereocenters. The molecule has 0 radical (unpaired) electrons. The van der Waals surface area contributed by atoms with E-state index in [0.717, 1.165) is 22.1 Å². The van der Waals surface area contributed by atoms with Gasteiger partial charge in [-0.3, -0.25) is 10.2 Å². The summed E-state index contributed by atoms with van der Waals surface area (Å²) in [7, 11) is 0. The van der Waals surface area contributed by atoms with Crippen molar-refractivity contribution in [2.24, 2.45) is 5.84 Å². The van der Waals surface area contributed by atoms with E-state index >= 15 is 0 Å². The number of hydrogen-bond donors (Lipinski definition) is 2. The molecule has 0 aliphatic carbocycles. The highest BCUT2D eigenvalue weighted by Crippen LogP contribution is 2.25. The third-order valence-electron chi connectivity index (χ3n) is 2.80. The molecule has 2 aromatic rings. The van der Waals surface area contributed by atoms with Gasteiger partial charge in [0.2, 0.25) is 0 Å². The summed E-state index contributed by atoms with van der Waals surface area (Å²) in [5, 5.41) is 0.763. The van der Waals surface area contributed by atoms with Crippen LogP contribution in [0.5, 0.6) is 0 Å². The number of carbonyl (C=O) groups is 1. The van der Waals surface area contributed by atoms with Crippen molar-refractivity contribution >= 4 is 29.3 Å². The molecule has 0 spiro atoms. The SMILES string of the molecule is Cc1oc(CSCc2ccccc2Cl)cc1C(=O)NN. The number of hydrogen-bond acceptors (Lipinski definition) is 4. The molecule has 4 nitrogen and oxygen atoms in total. The molecule has 6 heteroatoms. The fourth-order valence-corrected chi connectivity index (χ4v) is 2.99. The predicted octanol–water partition coefficient (Wildman–Crippen LogP) is 3.28. The maximum absolute atomic E-state index is 11.5. The summed E-state index contributed by atoms with van der Waals surface area (Å²) in [5.74, 6) is 7.55. The molecule has 106 valence electrons. The molecule has 0 saturated heterocycles. The van der Waals surface area contributed by atoms with Crippen LogP contribution < -0.4 is 11.3 Å². The number of amides is 1. The summed E-state index contributed by atoms with van der Waals surface area (Å²) in [6.07, 6.45) is 0. The number of nitrogens with one attached hydrogen (secondary N) is 1. The Balaban J connectivity index is 1.95. The van der Waals surface area contributed by atoms with Crippen LogP contribution in [0.3, 0.4) is 0 Å². The molecule has 20 heavy (non-hydrogen) atoms. The quantitative estimate of drug-likeness (QED) is 0.505. The minimum Gasteiger partial charge on any atom is -0.465 e. The van der Waals surface area contributed by atoms with Gasteiger partial charge in [-0.05, 0) is 24.6 Å². The fraction of sp³-hybridized carbons (Fsp3) is 0.214. The van der Waals surface area contributed by atoms with E-state index in [2.05, 4.69) is 5.43 Å². The highest BCUT2D eigenvalue weighted by atomic mass is 35.5. The van der Waals surface area contributed by atoms with Crippen LogP contribution in [-0.4, -0.2) is 5.91 Å². The predicted molar refractivity (Wildman–Crippen MR) is 81.5 cm³/mol. The average Bonchev–Trinajstić information content (AvgIpc) is 2.81. The van der Waals surface area contributed by atoms with Crippen LogP contribution in [0, 0.1) is 6.92 Å². The maximum atomic E-state index is 11.5. The maximum Gasteiger partial charge on any atom is 0.268 e. The molecule has 0 unspecified atom stereocenters. The third kappa shape index (κ3) is 3.56. The van der Waals surface area contributed by atoms with E-state index in [-0.39, 0.29) is 5.91 Å². The Morgan fingerprint density at radius 3 is 2.85 bits per heavy atom. The van der Waals surface area contributed by atoms with Gasteiger partial charge in [-0.25, -0.2) is 5.84 Å². The number of nitrogen functional groups attached to an aromatic ring is 1. The van der Waals surface area contributed by atoms with E-state index in [0.29, 0.717) is 17.1 Å². The van der Waals surface area contributed by atoms with Crippen LogP contribution in [0.1, 0.15) is 27.4 Å². The second-order valence-electron chi connectivity index (χ2n) is 4.24. The topological polar surface area (TPSA) is 68.3 Å². The summed E-state index contributed by atoms with van der Waals surface area (Å²) in [6.45, 7) is 1.74. The Kier molecular flexibility index (Phi) is 5.11. The van der Waals surface area contributed by atoms with Crippen molar-refractivity contribution in [3.05, 3.63) is 58.0 Å². The van der Waals surface area contributed by atoms with Gasteiger partial charge >= 0.3 is 0 Å². The van der Waals surface area contributed by atoms with E-state index in [1.165, 1.54) is 0 Å². The Morgan fingerprint density at radius 1 is 1.40 bits per heavy atom. The van der Waals surface area contributed by atoms with E-state index in [9.17, 15) is 4.79 Å². The Hall–Kier alpha value is -1.43. The standard InChI is InChI=1S/C14H15ClN2O2S/c1-9-12(14(18)17-16)6-11(19-9)8-20-7-10-4-2-3-5-13(10)15/h2-6H,7-8,16H2,1H3,(H,17,18). The second kappa shape index (κ2) is 6.83. The summed E-state index contributed by atoms with van der Waals surface area (Å²) in [4.78, 5) is 11.5. The van der Waals surface area contributed by atoms with Gasteiger partial charge in [-0.2, -0.15) is 0 Å². The molecule has 1 heterocycles. The van der Waals surface area contributed by atoms with Crippen molar-refractivity contribution in [1.82, 2.24) is 5.43 Å². The van der Waals surface area contributed by atoms with E-state index in [4.69, 9.17) is 21.9 Å². The van der Waals surface area contributed by atoms with E-state index in [1.54, 1.807) is 24.8 Å². The Bertz CT molecular complexity index is 613. The van der Waals surface area contributed by atoms with Gasteiger partial charge in [0.1, 0.15) is 11.5 Å². The van der Waals surface area contributed by atoms with Gasteiger partial charge in [0.25, 0.3) is 5.91 Å². The van der Waals surface area contributed by atoms with Gasteiger partial charge in [0.05, 0.1) is 11.3 Å². The lowest BCUT2D eigenvalue weighted by molar-refractivity contribution is 0.0952. The van der Waals surface area contributed by atoms with Gasteiger partial charge in [-0.1, -0.05) is 29.8 Å². The minimum atomic E-state index is -0.339. The number of carbonyl (C=O) groups excluding carboxylic acids is 1. The number of rotatable bonds is 5. The number of benzene rings is 1. The molecular weight excluding hydrogens is 296 g/mol. The van der Waals surface area contributed by atoms with Crippen LogP contribution in [0.2, 0.25) is 5.02 Å².